The molecule has 5 heteroatoms. The van der Waals surface area contributed by atoms with Crippen molar-refractivity contribution < 1.29 is 9.59 Å². The first-order valence-corrected chi connectivity index (χ1v) is 7.84. The summed E-state index contributed by atoms with van der Waals surface area (Å²) in [6.07, 6.45) is 0. The second kappa shape index (κ2) is 7.29. The van der Waals surface area contributed by atoms with E-state index < -0.39 is 0 Å². The molecule has 0 spiro atoms. The number of benzene rings is 1. The Balaban J connectivity index is 2.00. The maximum Gasteiger partial charge on any atom is 0.320 e. The molecule has 0 N–H and O–H groups in total. The van der Waals surface area contributed by atoms with Gasteiger partial charge >= 0.3 is 6.03 Å². The molecule has 0 saturated carbocycles. The van der Waals surface area contributed by atoms with Crippen LogP contribution < -0.4 is 0 Å². The van der Waals surface area contributed by atoms with E-state index >= 15 is 0 Å². The van der Waals surface area contributed by atoms with E-state index in [1.54, 1.807) is 11.8 Å². The largest absolute Gasteiger partial charge is 0.339 e. The van der Waals surface area contributed by atoms with E-state index in [4.69, 9.17) is 0 Å². The first-order valence-electron chi connectivity index (χ1n) is 7.84. The molecule has 1 saturated heterocycles. The van der Waals surface area contributed by atoms with Crippen LogP contribution in [-0.4, -0.2) is 58.9 Å². The van der Waals surface area contributed by atoms with E-state index in [0.717, 1.165) is 5.56 Å². The molecule has 120 valence electrons. The first-order chi connectivity index (χ1) is 10.5. The van der Waals surface area contributed by atoms with E-state index in [1.807, 2.05) is 54.0 Å². The van der Waals surface area contributed by atoms with Crippen LogP contribution in [0.25, 0.3) is 0 Å². The molecule has 0 aliphatic carbocycles. The van der Waals surface area contributed by atoms with Gasteiger partial charge in [-0.15, -0.1) is 0 Å². The van der Waals surface area contributed by atoms with Gasteiger partial charge < -0.3 is 14.7 Å². The smallest absolute Gasteiger partial charge is 0.320 e. The first kappa shape index (κ1) is 16.3. The van der Waals surface area contributed by atoms with Crippen LogP contribution in [0.1, 0.15) is 26.3 Å². The standard InChI is InChI=1S/C17H25N3O2/c1-14(2)20(13-16-7-5-4-6-8-16)17(22)19-11-9-18(10-12-19)15(3)21/h4-8,14H,9-13H2,1-3H3. The molecule has 0 atom stereocenters. The number of hydrogen-bond donors (Lipinski definition) is 0. The molecule has 0 radical (unpaired) electrons. The van der Waals surface area contributed by atoms with Crippen molar-refractivity contribution in [3.8, 4) is 0 Å². The molecular weight excluding hydrogens is 278 g/mol. The van der Waals surface area contributed by atoms with Crippen molar-refractivity contribution in [2.75, 3.05) is 26.2 Å². The molecule has 1 aliphatic rings. The summed E-state index contributed by atoms with van der Waals surface area (Å²) in [6.45, 7) is 8.72. The van der Waals surface area contributed by atoms with E-state index in [9.17, 15) is 9.59 Å². The second-order valence-electron chi connectivity index (χ2n) is 5.98. The number of piperazine rings is 1. The van der Waals surface area contributed by atoms with Gasteiger partial charge in [0, 0.05) is 45.7 Å². The fraction of sp³-hybridized carbons (Fsp3) is 0.529. The summed E-state index contributed by atoms with van der Waals surface area (Å²) in [4.78, 5) is 29.7. The van der Waals surface area contributed by atoms with Crippen LogP contribution in [0.5, 0.6) is 0 Å². The minimum absolute atomic E-state index is 0.0575. The predicted octanol–water partition coefficient (Wildman–Crippen LogP) is 2.18. The molecule has 0 aromatic heterocycles. The lowest BCUT2D eigenvalue weighted by Crippen LogP contribution is -2.54. The van der Waals surface area contributed by atoms with Crippen LogP contribution >= 0.6 is 0 Å². The van der Waals surface area contributed by atoms with Gasteiger partial charge in [-0.3, -0.25) is 4.79 Å². The average molecular weight is 303 g/mol. The molecule has 1 fully saturated rings. The third-order valence-corrected chi connectivity index (χ3v) is 4.06. The zero-order valence-electron chi connectivity index (χ0n) is 13.7. The van der Waals surface area contributed by atoms with Crippen molar-refractivity contribution in [3.63, 3.8) is 0 Å². The number of carbonyl (C=O) groups is 2. The normalized spacial score (nSPS) is 15.1. The van der Waals surface area contributed by atoms with Gasteiger partial charge in [-0.2, -0.15) is 0 Å². The summed E-state index contributed by atoms with van der Waals surface area (Å²) >= 11 is 0. The minimum atomic E-state index is 0.0575. The topological polar surface area (TPSA) is 43.9 Å². The molecule has 0 bridgehead atoms. The van der Waals surface area contributed by atoms with Crippen LogP contribution in [0.3, 0.4) is 0 Å². The third-order valence-electron chi connectivity index (χ3n) is 4.06. The highest BCUT2D eigenvalue weighted by Gasteiger charge is 2.27. The zero-order valence-corrected chi connectivity index (χ0v) is 13.7. The van der Waals surface area contributed by atoms with Gasteiger partial charge in [-0.25, -0.2) is 4.79 Å². The van der Waals surface area contributed by atoms with E-state index in [-0.39, 0.29) is 18.0 Å². The Labute approximate surface area is 132 Å². The molecule has 1 aliphatic heterocycles. The van der Waals surface area contributed by atoms with Crippen LogP contribution in [0.15, 0.2) is 30.3 Å². The average Bonchev–Trinajstić information content (AvgIpc) is 2.53. The highest BCUT2D eigenvalue weighted by atomic mass is 16.2. The Hall–Kier alpha value is -2.04. The molecule has 22 heavy (non-hydrogen) atoms. The van der Waals surface area contributed by atoms with Crippen LogP contribution in [0, 0.1) is 0 Å². The summed E-state index contributed by atoms with van der Waals surface area (Å²) in [5.41, 5.74) is 1.13. The van der Waals surface area contributed by atoms with E-state index in [2.05, 4.69) is 0 Å². The fourth-order valence-corrected chi connectivity index (χ4v) is 2.65. The Bertz CT molecular complexity index is 508. The zero-order chi connectivity index (χ0) is 16.1. The third kappa shape index (κ3) is 4.00. The van der Waals surface area contributed by atoms with Crippen LogP contribution in [0.4, 0.5) is 4.79 Å². The number of rotatable bonds is 3. The van der Waals surface area contributed by atoms with Gasteiger partial charge in [0.15, 0.2) is 0 Å². The van der Waals surface area contributed by atoms with Gasteiger partial charge in [0.2, 0.25) is 5.91 Å². The summed E-state index contributed by atoms with van der Waals surface area (Å²) in [5.74, 6) is 0.0806. The molecule has 1 aromatic rings. The van der Waals surface area contributed by atoms with Crippen molar-refractivity contribution in [3.05, 3.63) is 35.9 Å². The number of urea groups is 1. The van der Waals surface area contributed by atoms with Crippen molar-refractivity contribution in [1.82, 2.24) is 14.7 Å². The summed E-state index contributed by atoms with van der Waals surface area (Å²) in [5, 5.41) is 0. The maximum absolute atomic E-state index is 12.8. The van der Waals surface area contributed by atoms with E-state index in [1.165, 1.54) is 0 Å². The van der Waals surface area contributed by atoms with Gasteiger partial charge in [0.1, 0.15) is 0 Å². The Kier molecular flexibility index (Phi) is 5.41. The van der Waals surface area contributed by atoms with Crippen LogP contribution in [-0.2, 0) is 11.3 Å². The lowest BCUT2D eigenvalue weighted by molar-refractivity contribution is -0.130. The summed E-state index contributed by atoms with van der Waals surface area (Å²) < 4.78 is 0. The summed E-state index contributed by atoms with van der Waals surface area (Å²) in [6, 6.07) is 10.2. The SMILES string of the molecule is CC(=O)N1CCN(C(=O)N(Cc2ccccc2)C(C)C)CC1. The van der Waals surface area contributed by atoms with Gasteiger partial charge in [-0.1, -0.05) is 30.3 Å². The number of nitrogens with zero attached hydrogens (tertiary/aromatic N) is 3. The molecule has 2 rings (SSSR count). The fourth-order valence-electron chi connectivity index (χ4n) is 2.65. The Morgan fingerprint density at radius 1 is 1.05 bits per heavy atom. The molecule has 5 nitrogen and oxygen atoms in total. The molecule has 1 heterocycles. The van der Waals surface area contributed by atoms with Crippen molar-refractivity contribution in [2.24, 2.45) is 0 Å². The molecule has 0 unspecified atom stereocenters. The predicted molar refractivity (Wildman–Crippen MR) is 86.3 cm³/mol. The lowest BCUT2D eigenvalue weighted by atomic mass is 10.2. The highest BCUT2D eigenvalue weighted by Crippen LogP contribution is 2.13. The second-order valence-corrected chi connectivity index (χ2v) is 5.98. The van der Waals surface area contributed by atoms with Gasteiger partial charge in [0.25, 0.3) is 0 Å². The molecule has 1 aromatic carbocycles. The quantitative estimate of drug-likeness (QED) is 0.859. The minimum Gasteiger partial charge on any atom is -0.339 e. The Morgan fingerprint density at radius 2 is 1.59 bits per heavy atom. The number of hydrogen-bond acceptors (Lipinski definition) is 2. The molecule has 3 amide bonds. The maximum atomic E-state index is 12.8. The van der Waals surface area contributed by atoms with Crippen molar-refractivity contribution >= 4 is 11.9 Å². The lowest BCUT2D eigenvalue weighted by Gasteiger charge is -2.38. The number of amides is 3. The summed E-state index contributed by atoms with van der Waals surface area (Å²) in [7, 11) is 0. The molecular formula is C17H25N3O2. The number of carbonyl (C=O) groups excluding carboxylic acids is 2. The van der Waals surface area contributed by atoms with Gasteiger partial charge in [-0.05, 0) is 19.4 Å². The van der Waals surface area contributed by atoms with Gasteiger partial charge in [0.05, 0.1) is 0 Å². The van der Waals surface area contributed by atoms with Crippen molar-refractivity contribution in [2.45, 2.75) is 33.4 Å². The Morgan fingerprint density at radius 3 is 2.09 bits per heavy atom. The van der Waals surface area contributed by atoms with Crippen LogP contribution in [0.2, 0.25) is 0 Å². The van der Waals surface area contributed by atoms with Crippen molar-refractivity contribution in [1.29, 1.82) is 0 Å². The van der Waals surface area contributed by atoms with E-state index in [0.29, 0.717) is 32.7 Å². The highest BCUT2D eigenvalue weighted by molar-refractivity contribution is 5.76. The monoisotopic (exact) mass is 303 g/mol.